The van der Waals surface area contributed by atoms with Crippen molar-refractivity contribution in [3.63, 3.8) is 0 Å². The second-order valence-corrected chi connectivity index (χ2v) is 6.23. The largest absolute Gasteiger partial charge is 0.344 e. The van der Waals surface area contributed by atoms with Crippen LogP contribution in [0.2, 0.25) is 0 Å². The molecule has 0 aliphatic rings. The minimum Gasteiger partial charge on any atom is -0.344 e. The molecule has 26 heavy (non-hydrogen) atoms. The molecule has 1 atom stereocenters. The fourth-order valence-corrected chi connectivity index (χ4v) is 2.59. The number of hydrogen-bond acceptors (Lipinski definition) is 4. The number of nitrogens with one attached hydrogen (secondary N) is 2. The van der Waals surface area contributed by atoms with E-state index in [0.29, 0.717) is 17.0 Å². The Kier molecular flexibility index (Phi) is 5.18. The number of aromatic nitrogens is 2. The Morgan fingerprint density at radius 2 is 1.92 bits per heavy atom. The van der Waals surface area contributed by atoms with Crippen LogP contribution < -0.4 is 10.9 Å². The summed E-state index contributed by atoms with van der Waals surface area (Å²) in [6.07, 6.45) is 0. The summed E-state index contributed by atoms with van der Waals surface area (Å²) < 4.78 is 13.6. The van der Waals surface area contributed by atoms with Crippen molar-refractivity contribution in [3.05, 3.63) is 82.0 Å². The quantitative estimate of drug-likeness (QED) is 0.618. The van der Waals surface area contributed by atoms with Crippen LogP contribution in [-0.2, 0) is 0 Å². The van der Waals surface area contributed by atoms with E-state index in [-0.39, 0.29) is 10.6 Å². The van der Waals surface area contributed by atoms with E-state index in [1.165, 1.54) is 12.1 Å². The van der Waals surface area contributed by atoms with Crippen LogP contribution in [0.15, 0.2) is 64.3 Å². The van der Waals surface area contributed by atoms with Crippen molar-refractivity contribution >= 4 is 18.5 Å². The molecule has 7 heteroatoms. The molecule has 1 amide bonds. The number of rotatable bonds is 4. The first-order chi connectivity index (χ1) is 12.4. The average molecular weight is 369 g/mol. The average Bonchev–Trinajstić information content (AvgIpc) is 2.64. The van der Waals surface area contributed by atoms with Gasteiger partial charge in [0, 0.05) is 16.5 Å². The summed E-state index contributed by atoms with van der Waals surface area (Å²) >= 11 is 3.99. The molecule has 0 aliphatic heterocycles. The molecule has 3 rings (SSSR count). The van der Waals surface area contributed by atoms with Crippen molar-refractivity contribution in [1.29, 1.82) is 0 Å². The Hall–Kier alpha value is -2.93. The fraction of sp³-hybridized carbons (Fsp3) is 0.105. The van der Waals surface area contributed by atoms with Gasteiger partial charge in [-0.05, 0) is 24.6 Å². The molecule has 0 unspecified atom stereocenters. The van der Waals surface area contributed by atoms with E-state index >= 15 is 0 Å². The Morgan fingerprint density at radius 3 is 2.62 bits per heavy atom. The van der Waals surface area contributed by atoms with E-state index in [2.05, 4.69) is 27.9 Å². The first-order valence-electron chi connectivity index (χ1n) is 7.90. The van der Waals surface area contributed by atoms with Crippen molar-refractivity contribution in [3.8, 4) is 11.4 Å². The van der Waals surface area contributed by atoms with E-state index in [0.717, 1.165) is 6.07 Å². The first-order valence-corrected chi connectivity index (χ1v) is 8.35. The zero-order chi connectivity index (χ0) is 18.7. The highest BCUT2D eigenvalue weighted by molar-refractivity contribution is 7.80. The van der Waals surface area contributed by atoms with Gasteiger partial charge in [0.2, 0.25) is 0 Å². The SMILES string of the molecule is C[C@@H](NC(=O)c1cc(=O)[nH]c(-c2ccccc2)n1)c1ccc(S)c(F)c1. The summed E-state index contributed by atoms with van der Waals surface area (Å²) in [6, 6.07) is 14.2. The van der Waals surface area contributed by atoms with Crippen LogP contribution in [0.4, 0.5) is 4.39 Å². The van der Waals surface area contributed by atoms with E-state index < -0.39 is 23.3 Å². The molecule has 132 valence electrons. The molecule has 0 saturated carbocycles. The van der Waals surface area contributed by atoms with Gasteiger partial charge in [-0.2, -0.15) is 0 Å². The van der Waals surface area contributed by atoms with Gasteiger partial charge in [0.15, 0.2) is 0 Å². The number of carbonyl (C=O) groups is 1. The highest BCUT2D eigenvalue weighted by Gasteiger charge is 2.15. The van der Waals surface area contributed by atoms with Crippen molar-refractivity contribution < 1.29 is 9.18 Å². The zero-order valence-corrected chi connectivity index (χ0v) is 14.8. The maximum atomic E-state index is 13.6. The Bertz CT molecular complexity index is 1010. The molecule has 5 nitrogen and oxygen atoms in total. The van der Waals surface area contributed by atoms with Crippen LogP contribution in [0.3, 0.4) is 0 Å². The van der Waals surface area contributed by atoms with Gasteiger partial charge in [-0.3, -0.25) is 9.59 Å². The van der Waals surface area contributed by atoms with Crippen LogP contribution in [0.1, 0.15) is 29.0 Å². The van der Waals surface area contributed by atoms with Gasteiger partial charge in [-0.25, -0.2) is 9.37 Å². The number of nitrogens with zero attached hydrogens (tertiary/aromatic N) is 1. The Balaban J connectivity index is 1.84. The molecule has 0 bridgehead atoms. The highest BCUT2D eigenvalue weighted by Crippen LogP contribution is 2.19. The summed E-state index contributed by atoms with van der Waals surface area (Å²) in [5.41, 5.74) is 0.841. The molecular weight excluding hydrogens is 353 g/mol. The molecule has 0 spiro atoms. The maximum Gasteiger partial charge on any atom is 0.270 e. The van der Waals surface area contributed by atoms with Crippen molar-refractivity contribution in [1.82, 2.24) is 15.3 Å². The number of benzene rings is 2. The van der Waals surface area contributed by atoms with Gasteiger partial charge in [0.1, 0.15) is 17.3 Å². The van der Waals surface area contributed by atoms with Gasteiger partial charge in [-0.1, -0.05) is 36.4 Å². The monoisotopic (exact) mass is 369 g/mol. The molecule has 3 aromatic rings. The lowest BCUT2D eigenvalue weighted by Gasteiger charge is -2.15. The number of aromatic amines is 1. The van der Waals surface area contributed by atoms with Gasteiger partial charge in [0.25, 0.3) is 11.5 Å². The minimum atomic E-state index is -0.517. The minimum absolute atomic E-state index is 0.00857. The van der Waals surface area contributed by atoms with Crippen LogP contribution >= 0.6 is 12.6 Å². The van der Waals surface area contributed by atoms with E-state index in [4.69, 9.17) is 0 Å². The zero-order valence-electron chi connectivity index (χ0n) is 13.9. The van der Waals surface area contributed by atoms with Crippen LogP contribution in [0.5, 0.6) is 0 Å². The second-order valence-electron chi connectivity index (χ2n) is 5.75. The Labute approximate surface area is 154 Å². The third-order valence-corrected chi connectivity index (χ3v) is 4.20. The summed E-state index contributed by atoms with van der Waals surface area (Å²) in [6.45, 7) is 1.72. The van der Waals surface area contributed by atoms with Gasteiger partial charge in [-0.15, -0.1) is 12.6 Å². The van der Waals surface area contributed by atoms with Crippen LogP contribution in [0.25, 0.3) is 11.4 Å². The standard InChI is InChI=1S/C19H16FN3O2S/c1-11(13-7-8-16(26)14(20)9-13)21-19(25)15-10-17(24)23-18(22-15)12-5-3-2-4-6-12/h2-11,26H,1H3,(H,21,25)(H,22,23,24)/t11-/m1/s1. The van der Waals surface area contributed by atoms with E-state index in [1.807, 2.05) is 18.2 Å². The topological polar surface area (TPSA) is 74.8 Å². The summed E-state index contributed by atoms with van der Waals surface area (Å²) in [7, 11) is 0. The number of halogens is 1. The summed E-state index contributed by atoms with van der Waals surface area (Å²) in [4.78, 5) is 31.4. The number of amides is 1. The molecule has 0 saturated heterocycles. The van der Waals surface area contributed by atoms with E-state index in [9.17, 15) is 14.0 Å². The number of thiol groups is 1. The highest BCUT2D eigenvalue weighted by atomic mass is 32.1. The lowest BCUT2D eigenvalue weighted by atomic mass is 10.1. The summed E-state index contributed by atoms with van der Waals surface area (Å²) in [5.74, 6) is -0.676. The van der Waals surface area contributed by atoms with Crippen LogP contribution in [0, 0.1) is 5.82 Å². The Morgan fingerprint density at radius 1 is 1.19 bits per heavy atom. The van der Waals surface area contributed by atoms with Gasteiger partial charge < -0.3 is 10.3 Å². The molecular formula is C19H16FN3O2S. The fourth-order valence-electron chi connectivity index (χ4n) is 2.45. The second kappa shape index (κ2) is 7.53. The first kappa shape index (κ1) is 17.9. The third kappa shape index (κ3) is 4.00. The third-order valence-electron chi connectivity index (χ3n) is 3.84. The van der Waals surface area contributed by atoms with Gasteiger partial charge >= 0.3 is 0 Å². The van der Waals surface area contributed by atoms with Crippen molar-refractivity contribution in [2.45, 2.75) is 17.9 Å². The van der Waals surface area contributed by atoms with Crippen LogP contribution in [-0.4, -0.2) is 15.9 Å². The molecule has 1 heterocycles. The molecule has 0 radical (unpaired) electrons. The predicted molar refractivity (Wildman–Crippen MR) is 99.8 cm³/mol. The molecule has 2 N–H and O–H groups in total. The summed E-state index contributed by atoms with van der Waals surface area (Å²) in [5, 5.41) is 2.72. The maximum absolute atomic E-state index is 13.6. The van der Waals surface area contributed by atoms with Crippen molar-refractivity contribution in [2.75, 3.05) is 0 Å². The lowest BCUT2D eigenvalue weighted by Crippen LogP contribution is -2.29. The number of hydrogen-bond donors (Lipinski definition) is 3. The van der Waals surface area contributed by atoms with Gasteiger partial charge in [0.05, 0.1) is 6.04 Å². The van der Waals surface area contributed by atoms with Crippen molar-refractivity contribution in [2.24, 2.45) is 0 Å². The molecule has 0 fully saturated rings. The molecule has 2 aromatic carbocycles. The number of carbonyl (C=O) groups excluding carboxylic acids is 1. The predicted octanol–water partition coefficient (Wildman–Crippen LogP) is 3.36. The smallest absolute Gasteiger partial charge is 0.270 e. The lowest BCUT2D eigenvalue weighted by molar-refractivity contribution is 0.0934. The van der Waals surface area contributed by atoms with E-state index in [1.54, 1.807) is 25.1 Å². The molecule has 1 aromatic heterocycles. The normalized spacial score (nSPS) is 11.8. The molecule has 0 aliphatic carbocycles. The number of H-pyrrole nitrogens is 1.